The molecule has 0 aromatic heterocycles. The van der Waals surface area contributed by atoms with E-state index in [0.29, 0.717) is 33.0 Å². The highest BCUT2D eigenvalue weighted by Crippen LogP contribution is 2.31. The zero-order valence-electron chi connectivity index (χ0n) is 20.2. The third-order valence-electron chi connectivity index (χ3n) is 5.15. The molecule has 9 nitrogen and oxygen atoms in total. The highest BCUT2D eigenvalue weighted by Gasteiger charge is 2.28. The van der Waals surface area contributed by atoms with Gasteiger partial charge in [-0.05, 0) is 65.3 Å². The molecule has 0 heterocycles. The summed E-state index contributed by atoms with van der Waals surface area (Å²) in [5.41, 5.74) is 4.27. The summed E-state index contributed by atoms with van der Waals surface area (Å²) in [4.78, 5) is 12.8. The molecule has 0 aliphatic carbocycles. The van der Waals surface area contributed by atoms with E-state index in [1.165, 1.54) is 38.6 Å². The van der Waals surface area contributed by atoms with E-state index >= 15 is 0 Å². The molecule has 0 aliphatic rings. The molecule has 190 valence electrons. The van der Waals surface area contributed by atoms with E-state index in [9.17, 15) is 13.2 Å². The van der Waals surface area contributed by atoms with Crippen LogP contribution in [0.2, 0.25) is 0 Å². The predicted molar refractivity (Wildman–Crippen MR) is 142 cm³/mol. The first-order valence-corrected chi connectivity index (χ1v) is 12.9. The van der Waals surface area contributed by atoms with Gasteiger partial charge in [0.25, 0.3) is 15.9 Å². The first-order valence-electron chi connectivity index (χ1n) is 10.7. The lowest BCUT2D eigenvalue weighted by atomic mass is 10.2. The van der Waals surface area contributed by atoms with Crippen LogP contribution in [0.3, 0.4) is 0 Å². The number of hydrazone groups is 1. The SMILES string of the molecule is COc1ccc(/C=N\NC(=O)CN(c2ccc(C)cc2)S(=O)(=O)c2ccc(OC)c(Br)c2)c(OC)c1. The molecular formula is C25H26BrN3O6S. The van der Waals surface area contributed by atoms with E-state index in [2.05, 4.69) is 26.5 Å². The van der Waals surface area contributed by atoms with E-state index in [0.717, 1.165) is 9.87 Å². The quantitative estimate of drug-likeness (QED) is 0.288. The second-order valence-electron chi connectivity index (χ2n) is 7.54. The van der Waals surface area contributed by atoms with Gasteiger partial charge < -0.3 is 14.2 Å². The molecule has 3 rings (SSSR count). The van der Waals surface area contributed by atoms with Gasteiger partial charge in [-0.2, -0.15) is 5.10 Å². The smallest absolute Gasteiger partial charge is 0.264 e. The molecule has 11 heteroatoms. The van der Waals surface area contributed by atoms with Gasteiger partial charge in [0.1, 0.15) is 23.8 Å². The van der Waals surface area contributed by atoms with Crippen molar-refractivity contribution >= 4 is 43.8 Å². The molecule has 0 saturated carbocycles. The van der Waals surface area contributed by atoms with Crippen LogP contribution in [0.5, 0.6) is 17.2 Å². The van der Waals surface area contributed by atoms with E-state index in [-0.39, 0.29) is 4.90 Å². The molecule has 0 radical (unpaired) electrons. The number of ether oxygens (including phenoxy) is 3. The average Bonchev–Trinajstić information content (AvgIpc) is 2.87. The topological polar surface area (TPSA) is 107 Å². The van der Waals surface area contributed by atoms with E-state index < -0.39 is 22.5 Å². The van der Waals surface area contributed by atoms with Crippen LogP contribution in [0.15, 0.2) is 75.1 Å². The molecule has 0 spiro atoms. The number of anilines is 1. The first kappa shape index (κ1) is 27.0. The van der Waals surface area contributed by atoms with E-state index in [1.54, 1.807) is 49.6 Å². The molecule has 0 unspecified atom stereocenters. The number of aryl methyl sites for hydroxylation is 1. The van der Waals surface area contributed by atoms with Crippen LogP contribution < -0.4 is 23.9 Å². The van der Waals surface area contributed by atoms with Gasteiger partial charge >= 0.3 is 0 Å². The Kier molecular flexibility index (Phi) is 8.94. The van der Waals surface area contributed by atoms with Crippen LogP contribution in [0.1, 0.15) is 11.1 Å². The Labute approximate surface area is 218 Å². The number of benzene rings is 3. The highest BCUT2D eigenvalue weighted by atomic mass is 79.9. The maximum absolute atomic E-state index is 13.6. The van der Waals surface area contributed by atoms with Gasteiger partial charge in [0, 0.05) is 11.6 Å². The van der Waals surface area contributed by atoms with Crippen LogP contribution in [0.25, 0.3) is 0 Å². The zero-order valence-corrected chi connectivity index (χ0v) is 22.6. The Morgan fingerprint density at radius 2 is 1.67 bits per heavy atom. The number of carbonyl (C=O) groups excluding carboxylic acids is 1. The molecule has 1 N–H and O–H groups in total. The number of hydrogen-bond donors (Lipinski definition) is 1. The second kappa shape index (κ2) is 11.9. The number of nitrogens with zero attached hydrogens (tertiary/aromatic N) is 2. The molecular weight excluding hydrogens is 550 g/mol. The van der Waals surface area contributed by atoms with Crippen molar-refractivity contribution in [3.05, 3.63) is 76.3 Å². The lowest BCUT2D eigenvalue weighted by Crippen LogP contribution is -2.39. The van der Waals surface area contributed by atoms with Crippen LogP contribution in [-0.2, 0) is 14.8 Å². The Hall–Kier alpha value is -3.57. The summed E-state index contributed by atoms with van der Waals surface area (Å²) in [6.07, 6.45) is 1.40. The Morgan fingerprint density at radius 3 is 2.28 bits per heavy atom. The van der Waals surface area contributed by atoms with Gasteiger partial charge in [-0.15, -0.1) is 0 Å². The fraction of sp³-hybridized carbons (Fsp3) is 0.200. The number of hydrogen-bond acceptors (Lipinski definition) is 7. The van der Waals surface area contributed by atoms with Gasteiger partial charge in [-0.25, -0.2) is 13.8 Å². The second-order valence-corrected chi connectivity index (χ2v) is 10.3. The Bertz CT molecular complexity index is 1360. The molecule has 3 aromatic rings. The standard InChI is InChI=1S/C25H26BrN3O6S/c1-17-5-8-19(9-6-17)29(36(31,32)21-11-12-23(34-3)22(26)14-21)16-25(30)28-27-15-18-7-10-20(33-2)13-24(18)35-4/h5-15H,16H2,1-4H3,(H,28,30)/b27-15-. The van der Waals surface area contributed by atoms with Gasteiger partial charge in [-0.3, -0.25) is 9.10 Å². The minimum atomic E-state index is -4.10. The summed E-state index contributed by atoms with van der Waals surface area (Å²) in [6, 6.07) is 16.4. The molecule has 0 saturated heterocycles. The maximum atomic E-state index is 13.6. The molecule has 36 heavy (non-hydrogen) atoms. The van der Waals surface area contributed by atoms with Crippen molar-refractivity contribution in [2.75, 3.05) is 32.2 Å². The highest BCUT2D eigenvalue weighted by molar-refractivity contribution is 9.10. The summed E-state index contributed by atoms with van der Waals surface area (Å²) in [7, 11) is 0.431. The predicted octanol–water partition coefficient (Wildman–Crippen LogP) is 4.13. The van der Waals surface area contributed by atoms with Crippen molar-refractivity contribution in [1.82, 2.24) is 5.43 Å². The molecule has 1 amide bonds. The minimum absolute atomic E-state index is 0.00461. The molecule has 0 atom stereocenters. The minimum Gasteiger partial charge on any atom is -0.497 e. The third-order valence-corrected chi connectivity index (χ3v) is 7.54. The molecule has 0 aliphatic heterocycles. The number of sulfonamides is 1. The summed E-state index contributed by atoms with van der Waals surface area (Å²) in [6.45, 7) is 1.39. The van der Waals surface area contributed by atoms with Gasteiger partial charge in [0.15, 0.2) is 0 Å². The summed E-state index contributed by atoms with van der Waals surface area (Å²) in [5.74, 6) is 0.964. The van der Waals surface area contributed by atoms with E-state index in [4.69, 9.17) is 14.2 Å². The average molecular weight is 576 g/mol. The molecule has 0 bridgehead atoms. The van der Waals surface area contributed by atoms with Crippen LogP contribution in [0.4, 0.5) is 5.69 Å². The Morgan fingerprint density at radius 1 is 0.972 bits per heavy atom. The van der Waals surface area contributed by atoms with Gasteiger partial charge in [-0.1, -0.05) is 17.7 Å². The van der Waals surface area contributed by atoms with Crippen molar-refractivity contribution in [3.63, 3.8) is 0 Å². The maximum Gasteiger partial charge on any atom is 0.264 e. The summed E-state index contributed by atoms with van der Waals surface area (Å²) < 4.78 is 44.3. The van der Waals surface area contributed by atoms with Crippen molar-refractivity contribution in [1.29, 1.82) is 0 Å². The fourth-order valence-electron chi connectivity index (χ4n) is 3.23. The normalized spacial score (nSPS) is 11.2. The zero-order chi connectivity index (χ0) is 26.3. The number of halogens is 1. The first-order chi connectivity index (χ1) is 17.2. The number of carbonyl (C=O) groups is 1. The lowest BCUT2D eigenvalue weighted by molar-refractivity contribution is -0.119. The number of amides is 1. The van der Waals surface area contributed by atoms with Crippen molar-refractivity contribution in [2.24, 2.45) is 5.10 Å². The van der Waals surface area contributed by atoms with Gasteiger partial charge in [0.2, 0.25) is 0 Å². The van der Waals surface area contributed by atoms with Crippen LogP contribution in [0, 0.1) is 6.92 Å². The number of nitrogens with one attached hydrogen (secondary N) is 1. The Balaban J connectivity index is 1.86. The van der Waals surface area contributed by atoms with Crippen molar-refractivity contribution in [3.8, 4) is 17.2 Å². The summed E-state index contributed by atoms with van der Waals surface area (Å²) in [5, 5.41) is 3.97. The largest absolute Gasteiger partial charge is 0.497 e. The van der Waals surface area contributed by atoms with Crippen LogP contribution in [-0.4, -0.2) is 48.4 Å². The van der Waals surface area contributed by atoms with E-state index in [1.807, 2.05) is 6.92 Å². The third kappa shape index (κ3) is 6.35. The number of methoxy groups -OCH3 is 3. The number of rotatable bonds is 10. The molecule has 3 aromatic carbocycles. The summed E-state index contributed by atoms with van der Waals surface area (Å²) >= 11 is 3.32. The van der Waals surface area contributed by atoms with Crippen LogP contribution >= 0.6 is 15.9 Å². The van der Waals surface area contributed by atoms with Gasteiger partial charge in [0.05, 0.1) is 42.6 Å². The lowest BCUT2D eigenvalue weighted by Gasteiger charge is -2.24. The van der Waals surface area contributed by atoms with Crippen molar-refractivity contribution < 1.29 is 27.4 Å². The fourth-order valence-corrected chi connectivity index (χ4v) is 5.37. The monoisotopic (exact) mass is 575 g/mol. The molecule has 0 fully saturated rings. The van der Waals surface area contributed by atoms with Crippen molar-refractivity contribution in [2.45, 2.75) is 11.8 Å².